The zero-order valence-corrected chi connectivity index (χ0v) is 29.9. The quantitative estimate of drug-likeness (QED) is 0.174. The fraction of sp³-hybridized carbons (Fsp3) is 0. The second-order valence-corrected chi connectivity index (χ2v) is 14.5. The molecule has 0 saturated carbocycles. The normalized spacial score (nSPS) is 12.0. The number of para-hydroxylation sites is 4. The van der Waals surface area contributed by atoms with Crippen LogP contribution in [0, 0.1) is 0 Å². The van der Waals surface area contributed by atoms with E-state index in [4.69, 9.17) is 0 Å². The third-order valence-corrected chi connectivity index (χ3v) is 11.6. The molecule has 0 radical (unpaired) electrons. The lowest BCUT2D eigenvalue weighted by molar-refractivity contribution is 1.16. The van der Waals surface area contributed by atoms with Gasteiger partial charge < -0.3 is 13.7 Å². The molecule has 9 aromatic carbocycles. The lowest BCUT2D eigenvalue weighted by atomic mass is 10.0. The Hall–Kier alpha value is -7.36. The number of fused-ring (bicyclic) bond motifs is 11. The van der Waals surface area contributed by atoms with Crippen molar-refractivity contribution in [3.05, 3.63) is 200 Å². The minimum atomic E-state index is 1.14. The van der Waals surface area contributed by atoms with E-state index in [9.17, 15) is 0 Å². The Morgan fingerprint density at radius 2 is 0.618 bits per heavy atom. The molecule has 0 fully saturated rings. The van der Waals surface area contributed by atoms with Crippen molar-refractivity contribution < 1.29 is 0 Å². The second-order valence-electron chi connectivity index (χ2n) is 14.5. The molecular formula is C52H33N3. The summed E-state index contributed by atoms with van der Waals surface area (Å²) in [6.45, 7) is 0. The van der Waals surface area contributed by atoms with Crippen LogP contribution < -0.4 is 0 Å². The molecule has 0 saturated heterocycles. The molecule has 0 unspecified atom stereocenters. The molecular weight excluding hydrogens is 667 g/mol. The SMILES string of the molecule is c1ccc2c(-n3c4ccccc4c4ccc5c6ccccc6n(-c6ccc(-c7ccc(-n8c9ccccc9c9ccccc98)cc7)cc6)c5c43)cccc2c1. The van der Waals surface area contributed by atoms with Crippen LogP contribution in [0.15, 0.2) is 200 Å². The standard InChI is InChI=1S/C52H33N3/c1-2-14-39-36(12-1)13-11-23-46(39)55-50-22-10-6-18-43(50)45-33-32-44-42-17-5-9-21-49(42)54(51(44)52(45)55)38-30-26-35(27-31-38)34-24-28-37(29-25-34)53-47-19-7-3-15-40(47)41-16-4-8-20-48(41)53/h1-33H. The molecule has 0 N–H and O–H groups in total. The van der Waals surface area contributed by atoms with Gasteiger partial charge in [0, 0.05) is 49.1 Å². The topological polar surface area (TPSA) is 14.8 Å². The zero-order chi connectivity index (χ0) is 36.0. The predicted octanol–water partition coefficient (Wildman–Crippen LogP) is 13.8. The van der Waals surface area contributed by atoms with E-state index in [0.29, 0.717) is 0 Å². The first-order chi connectivity index (χ1) is 27.3. The number of rotatable bonds is 4. The van der Waals surface area contributed by atoms with Gasteiger partial charge >= 0.3 is 0 Å². The molecule has 12 aromatic rings. The first-order valence-electron chi connectivity index (χ1n) is 18.9. The summed E-state index contributed by atoms with van der Waals surface area (Å²) in [5.41, 5.74) is 13.1. The molecule has 0 aliphatic heterocycles. The van der Waals surface area contributed by atoms with Crippen LogP contribution in [0.3, 0.4) is 0 Å². The van der Waals surface area contributed by atoms with Crippen molar-refractivity contribution in [2.24, 2.45) is 0 Å². The van der Waals surface area contributed by atoms with Crippen LogP contribution in [0.25, 0.3) is 104 Å². The molecule has 0 amide bonds. The number of hydrogen-bond donors (Lipinski definition) is 0. The maximum Gasteiger partial charge on any atom is 0.0789 e. The number of aromatic nitrogens is 3. The minimum absolute atomic E-state index is 1.14. The van der Waals surface area contributed by atoms with E-state index in [1.807, 2.05) is 0 Å². The monoisotopic (exact) mass is 699 g/mol. The molecule has 3 aromatic heterocycles. The zero-order valence-electron chi connectivity index (χ0n) is 29.9. The van der Waals surface area contributed by atoms with Gasteiger partial charge in [0.1, 0.15) is 0 Å². The molecule has 256 valence electrons. The molecule has 55 heavy (non-hydrogen) atoms. The molecule has 3 heterocycles. The summed E-state index contributed by atoms with van der Waals surface area (Å²) in [6.07, 6.45) is 0. The maximum absolute atomic E-state index is 2.50. The third-order valence-electron chi connectivity index (χ3n) is 11.6. The van der Waals surface area contributed by atoms with E-state index in [1.165, 1.54) is 93.0 Å². The van der Waals surface area contributed by atoms with E-state index in [1.54, 1.807) is 0 Å². The summed E-state index contributed by atoms with van der Waals surface area (Å²) in [5.74, 6) is 0. The van der Waals surface area contributed by atoms with Crippen molar-refractivity contribution in [2.75, 3.05) is 0 Å². The van der Waals surface area contributed by atoms with Gasteiger partial charge in [-0.25, -0.2) is 0 Å². The van der Waals surface area contributed by atoms with Crippen molar-refractivity contribution in [1.82, 2.24) is 13.7 Å². The first kappa shape index (κ1) is 30.1. The van der Waals surface area contributed by atoms with Crippen LogP contribution >= 0.6 is 0 Å². The Labute approximate surface area is 317 Å². The Morgan fingerprint density at radius 3 is 1.16 bits per heavy atom. The van der Waals surface area contributed by atoms with Gasteiger partial charge in [0.15, 0.2) is 0 Å². The van der Waals surface area contributed by atoms with Crippen LogP contribution in [-0.2, 0) is 0 Å². The highest BCUT2D eigenvalue weighted by atomic mass is 15.0. The fourth-order valence-electron chi connectivity index (χ4n) is 9.23. The molecule has 12 rings (SSSR count). The van der Waals surface area contributed by atoms with Crippen LogP contribution in [0.4, 0.5) is 0 Å². The van der Waals surface area contributed by atoms with Gasteiger partial charge in [0.25, 0.3) is 0 Å². The molecule has 0 aliphatic carbocycles. The van der Waals surface area contributed by atoms with Gasteiger partial charge in [-0.3, -0.25) is 0 Å². The van der Waals surface area contributed by atoms with Crippen LogP contribution in [0.1, 0.15) is 0 Å². The molecule has 3 nitrogen and oxygen atoms in total. The van der Waals surface area contributed by atoms with Crippen molar-refractivity contribution >= 4 is 76.2 Å². The average Bonchev–Trinajstić information content (AvgIpc) is 3.90. The smallest absolute Gasteiger partial charge is 0.0789 e. The first-order valence-corrected chi connectivity index (χ1v) is 18.9. The van der Waals surface area contributed by atoms with Gasteiger partial charge in [0.2, 0.25) is 0 Å². The fourth-order valence-corrected chi connectivity index (χ4v) is 9.23. The van der Waals surface area contributed by atoms with E-state index >= 15 is 0 Å². The van der Waals surface area contributed by atoms with Gasteiger partial charge in [-0.15, -0.1) is 0 Å². The largest absolute Gasteiger partial charge is 0.309 e. The highest BCUT2D eigenvalue weighted by Gasteiger charge is 2.22. The highest BCUT2D eigenvalue weighted by Crippen LogP contribution is 2.43. The second kappa shape index (κ2) is 11.6. The highest BCUT2D eigenvalue weighted by molar-refractivity contribution is 6.24. The van der Waals surface area contributed by atoms with E-state index < -0.39 is 0 Å². The summed E-state index contributed by atoms with van der Waals surface area (Å²) in [4.78, 5) is 0. The van der Waals surface area contributed by atoms with Crippen LogP contribution in [0.5, 0.6) is 0 Å². The Kier molecular flexibility index (Phi) is 6.34. The Bertz CT molecular complexity index is 3410. The molecule has 0 bridgehead atoms. The minimum Gasteiger partial charge on any atom is -0.309 e. The lowest BCUT2D eigenvalue weighted by Gasteiger charge is -2.15. The summed E-state index contributed by atoms with van der Waals surface area (Å²) >= 11 is 0. The summed E-state index contributed by atoms with van der Waals surface area (Å²) in [6, 6.07) is 73.2. The van der Waals surface area contributed by atoms with Crippen molar-refractivity contribution in [3.8, 4) is 28.2 Å². The molecule has 0 aliphatic rings. The van der Waals surface area contributed by atoms with Crippen molar-refractivity contribution in [2.45, 2.75) is 0 Å². The van der Waals surface area contributed by atoms with Gasteiger partial charge in [-0.1, -0.05) is 146 Å². The summed E-state index contributed by atoms with van der Waals surface area (Å²) in [5, 5.41) is 10.0. The molecule has 0 atom stereocenters. The summed E-state index contributed by atoms with van der Waals surface area (Å²) < 4.78 is 7.35. The van der Waals surface area contributed by atoms with E-state index in [2.05, 4.69) is 214 Å². The van der Waals surface area contributed by atoms with Gasteiger partial charge in [-0.05, 0) is 71.1 Å². The number of nitrogens with zero attached hydrogens (tertiary/aromatic N) is 3. The van der Waals surface area contributed by atoms with E-state index in [-0.39, 0.29) is 0 Å². The number of hydrogen-bond acceptors (Lipinski definition) is 0. The number of benzene rings is 9. The predicted molar refractivity (Wildman–Crippen MR) is 232 cm³/mol. The van der Waals surface area contributed by atoms with Crippen molar-refractivity contribution in [1.29, 1.82) is 0 Å². The van der Waals surface area contributed by atoms with Crippen LogP contribution in [0.2, 0.25) is 0 Å². The van der Waals surface area contributed by atoms with Gasteiger partial charge in [-0.2, -0.15) is 0 Å². The molecule has 3 heteroatoms. The molecule has 0 spiro atoms. The van der Waals surface area contributed by atoms with E-state index in [0.717, 1.165) is 11.4 Å². The maximum atomic E-state index is 2.50. The lowest BCUT2D eigenvalue weighted by Crippen LogP contribution is -1.99. The third kappa shape index (κ3) is 4.32. The Morgan fingerprint density at radius 1 is 0.236 bits per heavy atom. The summed E-state index contributed by atoms with van der Waals surface area (Å²) in [7, 11) is 0. The Balaban J connectivity index is 1.05. The average molecular weight is 700 g/mol. The van der Waals surface area contributed by atoms with Crippen molar-refractivity contribution in [3.63, 3.8) is 0 Å². The van der Waals surface area contributed by atoms with Crippen LogP contribution in [-0.4, -0.2) is 13.7 Å². The van der Waals surface area contributed by atoms with Gasteiger partial charge in [0.05, 0.1) is 38.8 Å².